The van der Waals surface area contributed by atoms with Gasteiger partial charge in [-0.3, -0.25) is 4.98 Å². The maximum absolute atomic E-state index is 6.20. The van der Waals surface area contributed by atoms with Gasteiger partial charge >= 0.3 is 0 Å². The number of aromatic nitrogens is 1. The van der Waals surface area contributed by atoms with E-state index in [0.717, 1.165) is 17.0 Å². The van der Waals surface area contributed by atoms with Gasteiger partial charge in [0.1, 0.15) is 5.75 Å². The Bertz CT molecular complexity index is 497. The predicted molar refractivity (Wildman–Crippen MR) is 72.5 cm³/mol. The molecule has 3 nitrogen and oxygen atoms in total. The number of pyridine rings is 1. The van der Waals surface area contributed by atoms with E-state index in [-0.39, 0.29) is 12.1 Å². The number of ether oxygens (including phenoxy) is 1. The summed E-state index contributed by atoms with van der Waals surface area (Å²) in [7, 11) is 0. The van der Waals surface area contributed by atoms with E-state index < -0.39 is 0 Å². The van der Waals surface area contributed by atoms with Crippen LogP contribution in [0.3, 0.4) is 0 Å². The fourth-order valence-corrected chi connectivity index (χ4v) is 1.78. The van der Waals surface area contributed by atoms with Crippen molar-refractivity contribution in [2.75, 3.05) is 0 Å². The predicted octanol–water partition coefficient (Wildman–Crippen LogP) is 2.92. The molecule has 3 heteroatoms. The second-order valence-corrected chi connectivity index (χ2v) is 4.47. The van der Waals surface area contributed by atoms with E-state index in [1.54, 1.807) is 6.20 Å². The van der Waals surface area contributed by atoms with Gasteiger partial charge in [0.15, 0.2) is 0 Å². The van der Waals surface area contributed by atoms with Crippen LogP contribution < -0.4 is 10.5 Å². The first kappa shape index (κ1) is 12.6. The van der Waals surface area contributed by atoms with Crippen LogP contribution in [0.25, 0.3) is 0 Å². The Kier molecular flexibility index (Phi) is 3.95. The topological polar surface area (TPSA) is 48.1 Å². The molecule has 1 aromatic carbocycles. The van der Waals surface area contributed by atoms with Crippen molar-refractivity contribution in [3.05, 3.63) is 59.9 Å². The first-order chi connectivity index (χ1) is 8.66. The maximum atomic E-state index is 6.20. The normalized spacial score (nSPS) is 12.4. The average molecular weight is 242 g/mol. The molecule has 2 aromatic rings. The van der Waals surface area contributed by atoms with E-state index in [2.05, 4.69) is 4.98 Å². The fourth-order valence-electron chi connectivity index (χ4n) is 1.78. The molecule has 2 N–H and O–H groups in total. The lowest BCUT2D eigenvalue weighted by Gasteiger charge is -2.14. The number of nitrogens with zero attached hydrogens (tertiary/aromatic N) is 1. The third-order valence-electron chi connectivity index (χ3n) is 2.60. The van der Waals surface area contributed by atoms with Crippen molar-refractivity contribution >= 4 is 0 Å². The van der Waals surface area contributed by atoms with Gasteiger partial charge in [0.05, 0.1) is 17.8 Å². The van der Waals surface area contributed by atoms with Crippen LogP contribution in [0.4, 0.5) is 0 Å². The molecule has 94 valence electrons. The van der Waals surface area contributed by atoms with Crippen LogP contribution in [0.1, 0.15) is 31.1 Å². The van der Waals surface area contributed by atoms with E-state index in [1.807, 2.05) is 56.3 Å². The Balaban J connectivity index is 2.23. The van der Waals surface area contributed by atoms with Crippen LogP contribution in [0.5, 0.6) is 5.75 Å². The zero-order chi connectivity index (χ0) is 13.0. The molecule has 0 saturated carbocycles. The van der Waals surface area contributed by atoms with Crippen molar-refractivity contribution in [1.82, 2.24) is 4.98 Å². The molecule has 1 aromatic heterocycles. The first-order valence-electron chi connectivity index (χ1n) is 6.10. The Morgan fingerprint density at radius 1 is 1.11 bits per heavy atom. The quantitative estimate of drug-likeness (QED) is 0.896. The van der Waals surface area contributed by atoms with Crippen molar-refractivity contribution in [2.45, 2.75) is 26.0 Å². The summed E-state index contributed by atoms with van der Waals surface area (Å²) in [6, 6.07) is 13.4. The highest BCUT2D eigenvalue weighted by atomic mass is 16.5. The van der Waals surface area contributed by atoms with Crippen LogP contribution in [-0.4, -0.2) is 11.1 Å². The molecule has 0 aliphatic carbocycles. The van der Waals surface area contributed by atoms with Crippen molar-refractivity contribution in [3.63, 3.8) is 0 Å². The molecule has 0 aliphatic heterocycles. The molecule has 0 bridgehead atoms. The van der Waals surface area contributed by atoms with Gasteiger partial charge < -0.3 is 10.5 Å². The van der Waals surface area contributed by atoms with Crippen molar-refractivity contribution in [3.8, 4) is 5.75 Å². The average Bonchev–Trinajstić information content (AvgIpc) is 2.38. The summed E-state index contributed by atoms with van der Waals surface area (Å²) < 4.78 is 5.66. The van der Waals surface area contributed by atoms with E-state index in [4.69, 9.17) is 10.5 Å². The molecule has 18 heavy (non-hydrogen) atoms. The lowest BCUT2D eigenvalue weighted by molar-refractivity contribution is 0.242. The van der Waals surface area contributed by atoms with Crippen molar-refractivity contribution in [1.29, 1.82) is 0 Å². The molecule has 0 aliphatic rings. The minimum absolute atomic E-state index is 0.159. The van der Waals surface area contributed by atoms with Crippen LogP contribution >= 0.6 is 0 Å². The number of rotatable bonds is 4. The SMILES string of the molecule is CC(C)Oc1cccc(C(N)c2ccccn2)c1. The zero-order valence-electron chi connectivity index (χ0n) is 10.7. The number of hydrogen-bond donors (Lipinski definition) is 1. The van der Waals surface area contributed by atoms with E-state index in [0.29, 0.717) is 0 Å². The summed E-state index contributed by atoms with van der Waals surface area (Å²) in [6.45, 7) is 4.01. The summed E-state index contributed by atoms with van der Waals surface area (Å²) in [5.74, 6) is 0.842. The molecule has 2 rings (SSSR count). The maximum Gasteiger partial charge on any atom is 0.120 e. The summed E-state index contributed by atoms with van der Waals surface area (Å²) in [5, 5.41) is 0. The third-order valence-corrected chi connectivity index (χ3v) is 2.60. The van der Waals surface area contributed by atoms with E-state index >= 15 is 0 Å². The van der Waals surface area contributed by atoms with Gasteiger partial charge in [0.25, 0.3) is 0 Å². The lowest BCUT2D eigenvalue weighted by atomic mass is 10.0. The van der Waals surface area contributed by atoms with Crippen molar-refractivity contribution in [2.24, 2.45) is 5.73 Å². The van der Waals surface area contributed by atoms with Crippen LogP contribution in [0, 0.1) is 0 Å². The molecule has 1 atom stereocenters. The van der Waals surface area contributed by atoms with Gasteiger partial charge in [-0.1, -0.05) is 18.2 Å². The number of nitrogens with two attached hydrogens (primary N) is 1. The Hall–Kier alpha value is -1.87. The summed E-state index contributed by atoms with van der Waals surface area (Å²) >= 11 is 0. The van der Waals surface area contributed by atoms with Gasteiger partial charge in [0.2, 0.25) is 0 Å². The van der Waals surface area contributed by atoms with Crippen LogP contribution in [0.2, 0.25) is 0 Å². The largest absolute Gasteiger partial charge is 0.491 e. The molecule has 1 heterocycles. The molecule has 0 spiro atoms. The van der Waals surface area contributed by atoms with Gasteiger partial charge in [-0.2, -0.15) is 0 Å². The Labute approximate surface area is 108 Å². The van der Waals surface area contributed by atoms with Gasteiger partial charge in [-0.25, -0.2) is 0 Å². The summed E-state index contributed by atoms with van der Waals surface area (Å²) in [6.07, 6.45) is 1.91. The Morgan fingerprint density at radius 3 is 2.61 bits per heavy atom. The van der Waals surface area contributed by atoms with Gasteiger partial charge in [-0.15, -0.1) is 0 Å². The highest BCUT2D eigenvalue weighted by Gasteiger charge is 2.10. The van der Waals surface area contributed by atoms with Crippen molar-refractivity contribution < 1.29 is 4.74 Å². The monoisotopic (exact) mass is 242 g/mol. The van der Waals surface area contributed by atoms with E-state index in [9.17, 15) is 0 Å². The smallest absolute Gasteiger partial charge is 0.120 e. The molecule has 0 fully saturated rings. The second-order valence-electron chi connectivity index (χ2n) is 4.47. The zero-order valence-corrected chi connectivity index (χ0v) is 10.7. The highest BCUT2D eigenvalue weighted by Crippen LogP contribution is 2.22. The standard InChI is InChI=1S/C15H18N2O/c1-11(2)18-13-7-5-6-12(10-13)15(16)14-8-3-4-9-17-14/h3-11,15H,16H2,1-2H3. The molecule has 1 unspecified atom stereocenters. The molecular weight excluding hydrogens is 224 g/mol. The fraction of sp³-hybridized carbons (Fsp3) is 0.267. The molecular formula is C15H18N2O. The Morgan fingerprint density at radius 2 is 1.94 bits per heavy atom. The number of benzene rings is 1. The third kappa shape index (κ3) is 3.08. The minimum atomic E-state index is -0.220. The van der Waals surface area contributed by atoms with Gasteiger partial charge in [0, 0.05) is 6.20 Å². The first-order valence-corrected chi connectivity index (χ1v) is 6.10. The van der Waals surface area contributed by atoms with Crippen LogP contribution in [-0.2, 0) is 0 Å². The highest BCUT2D eigenvalue weighted by molar-refractivity contribution is 5.34. The van der Waals surface area contributed by atoms with E-state index in [1.165, 1.54) is 0 Å². The summed E-state index contributed by atoms with van der Waals surface area (Å²) in [5.41, 5.74) is 8.06. The molecule has 0 amide bonds. The molecule has 0 saturated heterocycles. The molecule has 0 radical (unpaired) electrons. The second kappa shape index (κ2) is 5.65. The summed E-state index contributed by atoms with van der Waals surface area (Å²) in [4.78, 5) is 4.28. The van der Waals surface area contributed by atoms with Crippen LogP contribution in [0.15, 0.2) is 48.7 Å². The minimum Gasteiger partial charge on any atom is -0.491 e. The lowest BCUT2D eigenvalue weighted by Crippen LogP contribution is -2.13. The van der Waals surface area contributed by atoms with Gasteiger partial charge in [-0.05, 0) is 43.7 Å². The number of hydrogen-bond acceptors (Lipinski definition) is 3.